The van der Waals surface area contributed by atoms with Gasteiger partial charge in [-0.2, -0.15) is 0 Å². The molecule has 3 heterocycles. The second-order valence-electron chi connectivity index (χ2n) is 9.11. The van der Waals surface area contributed by atoms with Crippen molar-refractivity contribution in [1.82, 2.24) is 29.8 Å². The van der Waals surface area contributed by atoms with Crippen LogP contribution in [-0.2, 0) is 4.79 Å². The van der Waals surface area contributed by atoms with Gasteiger partial charge in [-0.3, -0.25) is 19.6 Å². The van der Waals surface area contributed by atoms with Gasteiger partial charge in [-0.25, -0.2) is 0 Å². The molecule has 3 rings (SSSR count). The molecular formula is C22H43N7O. The molecule has 0 aromatic carbocycles. The maximum Gasteiger partial charge on any atom is 0.239 e. The minimum atomic E-state index is -0.0120. The monoisotopic (exact) mass is 421 g/mol. The molecule has 172 valence electrons. The average molecular weight is 422 g/mol. The number of hydrogen-bond acceptors (Lipinski definition) is 5. The van der Waals surface area contributed by atoms with Crippen molar-refractivity contribution < 1.29 is 4.79 Å². The zero-order chi connectivity index (χ0) is 21.5. The maximum absolute atomic E-state index is 12.7. The number of amides is 1. The van der Waals surface area contributed by atoms with E-state index >= 15 is 0 Å². The predicted molar refractivity (Wildman–Crippen MR) is 123 cm³/mol. The Hall–Kier alpha value is -1.38. The highest BCUT2D eigenvalue weighted by atomic mass is 16.2. The molecule has 3 saturated heterocycles. The summed E-state index contributed by atoms with van der Waals surface area (Å²) in [5.41, 5.74) is 0. The highest BCUT2D eigenvalue weighted by Crippen LogP contribution is 2.14. The van der Waals surface area contributed by atoms with Crippen LogP contribution in [0, 0.1) is 0 Å². The Kier molecular flexibility index (Phi) is 8.77. The minimum Gasteiger partial charge on any atom is -0.357 e. The summed E-state index contributed by atoms with van der Waals surface area (Å²) in [5.74, 6) is 1.33. The van der Waals surface area contributed by atoms with Gasteiger partial charge in [0.15, 0.2) is 5.96 Å². The Morgan fingerprint density at radius 1 is 0.867 bits per heavy atom. The quantitative estimate of drug-likeness (QED) is 0.489. The summed E-state index contributed by atoms with van der Waals surface area (Å²) >= 11 is 0. The number of carbonyl (C=O) groups is 1. The third-order valence-electron chi connectivity index (χ3n) is 6.94. The van der Waals surface area contributed by atoms with Gasteiger partial charge in [0.2, 0.25) is 5.91 Å². The Balaban J connectivity index is 1.49. The fourth-order valence-electron chi connectivity index (χ4n) is 4.70. The molecule has 0 aromatic rings. The molecule has 2 atom stereocenters. The van der Waals surface area contributed by atoms with Crippen molar-refractivity contribution in [3.05, 3.63) is 0 Å². The number of carbonyl (C=O) groups excluding carboxylic acids is 1. The summed E-state index contributed by atoms with van der Waals surface area (Å²) in [4.78, 5) is 29.4. The highest BCUT2D eigenvalue weighted by molar-refractivity contribution is 5.82. The zero-order valence-electron chi connectivity index (χ0n) is 19.6. The van der Waals surface area contributed by atoms with Crippen molar-refractivity contribution in [3.63, 3.8) is 0 Å². The molecule has 0 spiro atoms. The van der Waals surface area contributed by atoms with E-state index in [1.165, 1.54) is 0 Å². The lowest BCUT2D eigenvalue weighted by Gasteiger charge is -2.40. The average Bonchev–Trinajstić information content (AvgIpc) is 3.31. The Morgan fingerprint density at radius 3 is 2.07 bits per heavy atom. The van der Waals surface area contributed by atoms with Crippen LogP contribution in [0.5, 0.6) is 0 Å². The van der Waals surface area contributed by atoms with E-state index in [0.29, 0.717) is 11.9 Å². The van der Waals surface area contributed by atoms with E-state index in [1.54, 1.807) is 0 Å². The van der Waals surface area contributed by atoms with Crippen LogP contribution in [0.25, 0.3) is 0 Å². The van der Waals surface area contributed by atoms with Gasteiger partial charge in [0.25, 0.3) is 0 Å². The number of likely N-dealkylation sites (N-methyl/N-ethyl adjacent to an activating group) is 1. The molecule has 0 aromatic heterocycles. The molecule has 3 fully saturated rings. The molecule has 0 saturated carbocycles. The molecule has 3 aliphatic rings. The first-order valence-electron chi connectivity index (χ1n) is 12.0. The molecule has 0 radical (unpaired) electrons. The van der Waals surface area contributed by atoms with Crippen LogP contribution >= 0.6 is 0 Å². The molecule has 1 amide bonds. The number of likely N-dealkylation sites (tertiary alicyclic amines) is 1. The van der Waals surface area contributed by atoms with E-state index in [4.69, 9.17) is 4.99 Å². The first kappa shape index (κ1) is 23.3. The highest BCUT2D eigenvalue weighted by Gasteiger charge is 2.30. The van der Waals surface area contributed by atoms with Crippen molar-refractivity contribution >= 4 is 11.9 Å². The van der Waals surface area contributed by atoms with Gasteiger partial charge in [-0.1, -0.05) is 0 Å². The molecule has 1 N–H and O–H groups in total. The van der Waals surface area contributed by atoms with Crippen molar-refractivity contribution in [2.75, 3.05) is 85.6 Å². The van der Waals surface area contributed by atoms with Gasteiger partial charge in [-0.05, 0) is 40.7 Å². The first-order valence-corrected chi connectivity index (χ1v) is 12.0. The topological polar surface area (TPSA) is 57.7 Å². The van der Waals surface area contributed by atoms with Gasteiger partial charge in [0, 0.05) is 78.0 Å². The van der Waals surface area contributed by atoms with E-state index in [2.05, 4.69) is 52.7 Å². The second-order valence-corrected chi connectivity index (χ2v) is 9.11. The number of nitrogens with one attached hydrogen (secondary N) is 1. The van der Waals surface area contributed by atoms with Crippen molar-refractivity contribution in [3.8, 4) is 0 Å². The Bertz CT molecular complexity index is 562. The van der Waals surface area contributed by atoms with Crippen molar-refractivity contribution in [2.45, 2.75) is 45.7 Å². The fraction of sp³-hybridized carbons (Fsp3) is 0.909. The zero-order valence-corrected chi connectivity index (χ0v) is 19.6. The van der Waals surface area contributed by atoms with Crippen molar-refractivity contribution in [1.29, 1.82) is 0 Å². The van der Waals surface area contributed by atoms with Gasteiger partial charge in [0.1, 0.15) is 0 Å². The van der Waals surface area contributed by atoms with Crippen LogP contribution in [0.15, 0.2) is 4.99 Å². The van der Waals surface area contributed by atoms with Crippen LogP contribution in [-0.4, -0.2) is 134 Å². The van der Waals surface area contributed by atoms with Gasteiger partial charge in [0.05, 0.1) is 12.6 Å². The lowest BCUT2D eigenvalue weighted by atomic mass is 10.2. The lowest BCUT2D eigenvalue weighted by molar-refractivity contribution is -0.135. The number of nitrogens with zero attached hydrogens (tertiary/aromatic N) is 6. The standard InChI is InChI=1S/C22H43N7O/c1-5-23-22(24-18-19(2)26-12-10-25(4)11-13-26)29-16-14-27(15-17-29)20(3)21(30)28-8-6-7-9-28/h19-20H,5-18H2,1-4H3,(H,23,24). The Morgan fingerprint density at radius 2 is 1.47 bits per heavy atom. The van der Waals surface area contributed by atoms with E-state index in [0.717, 1.165) is 97.3 Å². The van der Waals surface area contributed by atoms with Crippen molar-refractivity contribution in [2.24, 2.45) is 4.99 Å². The van der Waals surface area contributed by atoms with Gasteiger partial charge >= 0.3 is 0 Å². The summed E-state index contributed by atoms with van der Waals surface area (Å²) in [7, 11) is 2.20. The van der Waals surface area contributed by atoms with Crippen LogP contribution in [0.2, 0.25) is 0 Å². The fourth-order valence-corrected chi connectivity index (χ4v) is 4.70. The van der Waals surface area contributed by atoms with E-state index in [9.17, 15) is 4.79 Å². The van der Waals surface area contributed by atoms with E-state index in [1.807, 2.05) is 4.90 Å². The number of aliphatic imine (C=N–C) groups is 1. The Labute approximate surface area is 183 Å². The molecule has 30 heavy (non-hydrogen) atoms. The summed E-state index contributed by atoms with van der Waals surface area (Å²) in [5, 5.41) is 3.48. The van der Waals surface area contributed by atoms with Gasteiger partial charge < -0.3 is 20.0 Å². The molecule has 0 bridgehead atoms. The largest absolute Gasteiger partial charge is 0.357 e. The molecular weight excluding hydrogens is 378 g/mol. The summed E-state index contributed by atoms with van der Waals surface area (Å²) in [6.07, 6.45) is 2.31. The molecule has 3 aliphatic heterocycles. The lowest BCUT2D eigenvalue weighted by Crippen LogP contribution is -2.57. The SMILES string of the molecule is CCNC(=NCC(C)N1CCN(C)CC1)N1CCN(C(C)C(=O)N2CCCC2)CC1. The smallest absolute Gasteiger partial charge is 0.239 e. The molecule has 0 aliphatic carbocycles. The summed E-state index contributed by atoms with van der Waals surface area (Å²) in [6, 6.07) is 0.453. The third-order valence-corrected chi connectivity index (χ3v) is 6.94. The minimum absolute atomic E-state index is 0.0120. The van der Waals surface area contributed by atoms with E-state index < -0.39 is 0 Å². The van der Waals surface area contributed by atoms with Crippen LogP contribution in [0.3, 0.4) is 0 Å². The summed E-state index contributed by atoms with van der Waals surface area (Å²) in [6.45, 7) is 18.3. The van der Waals surface area contributed by atoms with Crippen LogP contribution in [0.4, 0.5) is 0 Å². The first-order chi connectivity index (χ1) is 14.5. The second kappa shape index (κ2) is 11.3. The normalized spacial score (nSPS) is 24.9. The van der Waals surface area contributed by atoms with Crippen LogP contribution < -0.4 is 5.32 Å². The molecule has 8 heteroatoms. The number of rotatable bonds is 6. The van der Waals surface area contributed by atoms with Crippen LogP contribution in [0.1, 0.15) is 33.6 Å². The summed E-state index contributed by atoms with van der Waals surface area (Å²) < 4.78 is 0. The molecule has 8 nitrogen and oxygen atoms in total. The molecule has 2 unspecified atom stereocenters. The number of hydrogen-bond donors (Lipinski definition) is 1. The third kappa shape index (κ3) is 6.08. The number of guanidine groups is 1. The van der Waals surface area contributed by atoms with Gasteiger partial charge in [-0.15, -0.1) is 0 Å². The maximum atomic E-state index is 12.7. The number of piperazine rings is 2. The van der Waals surface area contributed by atoms with E-state index in [-0.39, 0.29) is 6.04 Å². The predicted octanol–water partition coefficient (Wildman–Crippen LogP) is 0.216.